The minimum atomic E-state index is 0.121. The Bertz CT molecular complexity index is 391. The molecule has 2 rings (SSSR count). The fraction of sp³-hybridized carbons (Fsp3) is 0.571. The number of rotatable bonds is 7. The molecular weight excluding hydrogens is 228 g/mol. The Labute approximate surface area is 108 Å². The first-order valence-corrected chi connectivity index (χ1v) is 6.43. The molecule has 100 valence electrons. The monoisotopic (exact) mass is 250 g/mol. The van der Waals surface area contributed by atoms with Crippen molar-refractivity contribution in [3.05, 3.63) is 23.8 Å². The van der Waals surface area contributed by atoms with E-state index in [1.807, 2.05) is 18.2 Å². The van der Waals surface area contributed by atoms with Crippen molar-refractivity contribution < 1.29 is 9.47 Å². The molecule has 1 aromatic carbocycles. The summed E-state index contributed by atoms with van der Waals surface area (Å²) >= 11 is 0. The van der Waals surface area contributed by atoms with Gasteiger partial charge < -0.3 is 20.5 Å². The molecule has 4 heteroatoms. The minimum Gasteiger partial charge on any atom is -0.497 e. The molecule has 0 spiro atoms. The minimum absolute atomic E-state index is 0.121. The standard InChI is InChI=1S/C14H22N2O2/c1-17-11-5-6-14(18-2)12(7-11)13(8-15)16-9-10-3-4-10/h5-7,10,13,16H,3-4,8-9,15H2,1-2H3. The zero-order chi connectivity index (χ0) is 13.0. The number of hydrogen-bond donors (Lipinski definition) is 2. The lowest BCUT2D eigenvalue weighted by Gasteiger charge is -2.20. The van der Waals surface area contributed by atoms with Crippen LogP contribution >= 0.6 is 0 Å². The van der Waals surface area contributed by atoms with E-state index in [4.69, 9.17) is 15.2 Å². The molecule has 1 aliphatic rings. The fourth-order valence-corrected chi connectivity index (χ4v) is 2.06. The second-order valence-corrected chi connectivity index (χ2v) is 4.75. The summed E-state index contributed by atoms with van der Waals surface area (Å²) in [6.45, 7) is 1.58. The second kappa shape index (κ2) is 6.07. The van der Waals surface area contributed by atoms with Gasteiger partial charge in [-0.15, -0.1) is 0 Å². The zero-order valence-electron chi connectivity index (χ0n) is 11.1. The molecule has 0 heterocycles. The lowest BCUT2D eigenvalue weighted by atomic mass is 10.0. The zero-order valence-corrected chi connectivity index (χ0v) is 11.1. The molecule has 1 aromatic rings. The van der Waals surface area contributed by atoms with Crippen LogP contribution in [-0.4, -0.2) is 27.3 Å². The van der Waals surface area contributed by atoms with Gasteiger partial charge in [0, 0.05) is 18.2 Å². The van der Waals surface area contributed by atoms with E-state index in [1.54, 1.807) is 14.2 Å². The van der Waals surface area contributed by atoms with Crippen LogP contribution in [-0.2, 0) is 0 Å². The van der Waals surface area contributed by atoms with Gasteiger partial charge in [0.1, 0.15) is 11.5 Å². The van der Waals surface area contributed by atoms with Crippen LogP contribution in [0.25, 0.3) is 0 Å². The van der Waals surface area contributed by atoms with Gasteiger partial charge in [-0.3, -0.25) is 0 Å². The Morgan fingerprint density at radius 3 is 2.67 bits per heavy atom. The summed E-state index contributed by atoms with van der Waals surface area (Å²) in [6, 6.07) is 5.94. The number of benzene rings is 1. The highest BCUT2D eigenvalue weighted by Gasteiger charge is 2.23. The quantitative estimate of drug-likeness (QED) is 0.773. The fourth-order valence-electron chi connectivity index (χ4n) is 2.06. The van der Waals surface area contributed by atoms with Crippen molar-refractivity contribution in [1.82, 2.24) is 5.32 Å². The van der Waals surface area contributed by atoms with E-state index in [9.17, 15) is 0 Å². The van der Waals surface area contributed by atoms with Crippen molar-refractivity contribution >= 4 is 0 Å². The van der Waals surface area contributed by atoms with Crippen molar-refractivity contribution in [3.8, 4) is 11.5 Å². The smallest absolute Gasteiger partial charge is 0.123 e. The second-order valence-electron chi connectivity index (χ2n) is 4.75. The Kier molecular flexibility index (Phi) is 4.44. The molecule has 0 aromatic heterocycles. The summed E-state index contributed by atoms with van der Waals surface area (Å²) in [5.74, 6) is 2.52. The van der Waals surface area contributed by atoms with Gasteiger partial charge in [-0.1, -0.05) is 0 Å². The Hall–Kier alpha value is -1.26. The molecule has 1 atom stereocenters. The van der Waals surface area contributed by atoms with E-state index in [-0.39, 0.29) is 6.04 Å². The van der Waals surface area contributed by atoms with Crippen molar-refractivity contribution in [2.45, 2.75) is 18.9 Å². The summed E-state index contributed by atoms with van der Waals surface area (Å²) in [5.41, 5.74) is 6.94. The predicted molar refractivity (Wildman–Crippen MR) is 72.1 cm³/mol. The van der Waals surface area contributed by atoms with Crippen LogP contribution in [0.2, 0.25) is 0 Å². The summed E-state index contributed by atoms with van der Waals surface area (Å²) in [7, 11) is 3.35. The molecule has 0 radical (unpaired) electrons. The van der Waals surface area contributed by atoms with Gasteiger partial charge in [-0.25, -0.2) is 0 Å². The normalized spacial score (nSPS) is 16.4. The Morgan fingerprint density at radius 1 is 1.33 bits per heavy atom. The van der Waals surface area contributed by atoms with Crippen molar-refractivity contribution in [3.63, 3.8) is 0 Å². The number of nitrogens with two attached hydrogens (primary N) is 1. The van der Waals surface area contributed by atoms with Gasteiger partial charge in [0.2, 0.25) is 0 Å². The van der Waals surface area contributed by atoms with Crippen molar-refractivity contribution in [2.24, 2.45) is 11.7 Å². The SMILES string of the molecule is COc1ccc(OC)c(C(CN)NCC2CC2)c1. The van der Waals surface area contributed by atoms with Crippen LogP contribution in [0, 0.1) is 5.92 Å². The summed E-state index contributed by atoms with van der Waals surface area (Å²) in [5, 5.41) is 3.51. The van der Waals surface area contributed by atoms with Gasteiger partial charge in [-0.05, 0) is 43.5 Å². The lowest BCUT2D eigenvalue weighted by Crippen LogP contribution is -2.30. The highest BCUT2D eigenvalue weighted by Crippen LogP contribution is 2.31. The summed E-state index contributed by atoms with van der Waals surface area (Å²) < 4.78 is 10.7. The van der Waals surface area contributed by atoms with Crippen LogP contribution in [0.5, 0.6) is 11.5 Å². The maximum atomic E-state index is 5.87. The average molecular weight is 250 g/mol. The molecule has 0 saturated heterocycles. The molecule has 1 aliphatic carbocycles. The molecule has 1 unspecified atom stereocenters. The predicted octanol–water partition coefficient (Wildman–Crippen LogP) is 1.70. The maximum Gasteiger partial charge on any atom is 0.123 e. The molecule has 0 amide bonds. The molecule has 18 heavy (non-hydrogen) atoms. The number of ether oxygens (including phenoxy) is 2. The molecule has 1 saturated carbocycles. The van der Waals surface area contributed by atoms with E-state index in [0.29, 0.717) is 6.54 Å². The van der Waals surface area contributed by atoms with E-state index < -0.39 is 0 Å². The maximum absolute atomic E-state index is 5.87. The molecule has 0 aliphatic heterocycles. The highest BCUT2D eigenvalue weighted by molar-refractivity contribution is 5.42. The Balaban J connectivity index is 2.14. The van der Waals surface area contributed by atoms with Crippen LogP contribution in [0.4, 0.5) is 0 Å². The van der Waals surface area contributed by atoms with E-state index in [2.05, 4.69) is 5.32 Å². The van der Waals surface area contributed by atoms with Gasteiger partial charge in [-0.2, -0.15) is 0 Å². The first-order chi connectivity index (χ1) is 8.78. The van der Waals surface area contributed by atoms with E-state index in [0.717, 1.165) is 29.5 Å². The molecule has 0 bridgehead atoms. The molecule has 3 N–H and O–H groups in total. The molecule has 4 nitrogen and oxygen atoms in total. The summed E-state index contributed by atoms with van der Waals surface area (Å²) in [6.07, 6.45) is 2.67. The molecule has 1 fully saturated rings. The number of nitrogens with one attached hydrogen (secondary N) is 1. The number of methoxy groups -OCH3 is 2. The van der Waals surface area contributed by atoms with Crippen molar-refractivity contribution in [2.75, 3.05) is 27.3 Å². The average Bonchev–Trinajstić information content (AvgIpc) is 3.23. The van der Waals surface area contributed by atoms with Crippen LogP contribution in [0.15, 0.2) is 18.2 Å². The Morgan fingerprint density at radius 2 is 2.11 bits per heavy atom. The first kappa shape index (κ1) is 13.2. The van der Waals surface area contributed by atoms with Crippen LogP contribution in [0.3, 0.4) is 0 Å². The van der Waals surface area contributed by atoms with Gasteiger partial charge in [0.05, 0.1) is 14.2 Å². The topological polar surface area (TPSA) is 56.5 Å². The first-order valence-electron chi connectivity index (χ1n) is 6.43. The third-order valence-corrected chi connectivity index (χ3v) is 3.40. The van der Waals surface area contributed by atoms with Gasteiger partial charge in [0.15, 0.2) is 0 Å². The van der Waals surface area contributed by atoms with Crippen molar-refractivity contribution in [1.29, 1.82) is 0 Å². The van der Waals surface area contributed by atoms with Gasteiger partial charge >= 0.3 is 0 Å². The lowest BCUT2D eigenvalue weighted by molar-refractivity contribution is 0.389. The van der Waals surface area contributed by atoms with Crippen LogP contribution in [0.1, 0.15) is 24.4 Å². The summed E-state index contributed by atoms with van der Waals surface area (Å²) in [4.78, 5) is 0. The largest absolute Gasteiger partial charge is 0.497 e. The third kappa shape index (κ3) is 3.15. The third-order valence-electron chi connectivity index (χ3n) is 3.40. The van der Waals surface area contributed by atoms with E-state index >= 15 is 0 Å². The van der Waals surface area contributed by atoms with Gasteiger partial charge in [0.25, 0.3) is 0 Å². The number of hydrogen-bond acceptors (Lipinski definition) is 4. The molecular formula is C14H22N2O2. The van der Waals surface area contributed by atoms with Crippen LogP contribution < -0.4 is 20.5 Å². The highest BCUT2D eigenvalue weighted by atomic mass is 16.5. The van der Waals surface area contributed by atoms with E-state index in [1.165, 1.54) is 12.8 Å².